The first kappa shape index (κ1) is 22.2. The van der Waals surface area contributed by atoms with Crippen molar-refractivity contribution in [3.63, 3.8) is 0 Å². The number of hydrogen-bond acceptors (Lipinski definition) is 6. The third-order valence-electron chi connectivity index (χ3n) is 4.58. The summed E-state index contributed by atoms with van der Waals surface area (Å²) in [5, 5.41) is 9.07. The van der Waals surface area contributed by atoms with Crippen LogP contribution >= 0.6 is 11.8 Å². The fraction of sp³-hybridized carbons (Fsp3) is 0.333. The van der Waals surface area contributed by atoms with Crippen molar-refractivity contribution in [3.8, 4) is 22.8 Å². The molecule has 0 unspecified atom stereocenters. The molecule has 0 atom stereocenters. The first-order valence-corrected chi connectivity index (χ1v) is 10.6. The van der Waals surface area contributed by atoms with Gasteiger partial charge in [-0.05, 0) is 37.4 Å². The van der Waals surface area contributed by atoms with E-state index >= 15 is 0 Å². The van der Waals surface area contributed by atoms with Crippen molar-refractivity contribution in [1.82, 2.24) is 25.1 Å². The highest BCUT2D eigenvalue weighted by molar-refractivity contribution is 7.99. The van der Waals surface area contributed by atoms with Gasteiger partial charge in [0.05, 0.1) is 5.56 Å². The molecule has 0 aliphatic heterocycles. The van der Waals surface area contributed by atoms with Crippen LogP contribution in [-0.2, 0) is 6.18 Å². The number of alkyl halides is 3. The Hall–Kier alpha value is -2.52. The van der Waals surface area contributed by atoms with E-state index in [1.807, 2.05) is 6.07 Å². The highest BCUT2D eigenvalue weighted by atomic mass is 32.2. The number of aromatic nitrogens is 4. The Bertz CT molecular complexity index is 945. The first-order chi connectivity index (χ1) is 14.4. The standard InChI is InChI=1S/C21H22F3N5S/c1-3-29(4-2)13-14-30-20-18(15-8-10-16(11-9-15)21(22,23)24)27-28-19(26-20)17-7-5-6-12-25-17/h5-12H,3-4,13-14H2,1-2H3. The minimum atomic E-state index is -4.38. The van der Waals surface area contributed by atoms with Gasteiger partial charge in [-0.3, -0.25) is 4.98 Å². The normalized spacial score (nSPS) is 11.8. The van der Waals surface area contributed by atoms with Crippen LogP contribution in [0.1, 0.15) is 19.4 Å². The highest BCUT2D eigenvalue weighted by Gasteiger charge is 2.30. The molecule has 0 fully saturated rings. The molecule has 1 aromatic carbocycles. The smallest absolute Gasteiger partial charge is 0.303 e. The number of hydrogen-bond donors (Lipinski definition) is 0. The Labute approximate surface area is 177 Å². The van der Waals surface area contributed by atoms with Gasteiger partial charge < -0.3 is 4.90 Å². The molecule has 0 bridgehead atoms. The summed E-state index contributed by atoms with van der Waals surface area (Å²) in [6.07, 6.45) is -2.73. The summed E-state index contributed by atoms with van der Waals surface area (Å²) in [5.74, 6) is 1.16. The van der Waals surface area contributed by atoms with Gasteiger partial charge in [-0.25, -0.2) is 4.98 Å². The van der Waals surface area contributed by atoms with Crippen molar-refractivity contribution in [2.24, 2.45) is 0 Å². The third-order valence-corrected chi connectivity index (χ3v) is 5.52. The first-order valence-electron chi connectivity index (χ1n) is 9.61. The molecule has 3 rings (SSSR count). The maximum atomic E-state index is 12.9. The van der Waals surface area contributed by atoms with Crippen LogP contribution in [0.4, 0.5) is 13.2 Å². The second kappa shape index (κ2) is 9.99. The summed E-state index contributed by atoms with van der Waals surface area (Å²) in [6, 6.07) is 10.3. The summed E-state index contributed by atoms with van der Waals surface area (Å²) in [4.78, 5) is 11.2. The van der Waals surface area contributed by atoms with Gasteiger partial charge >= 0.3 is 6.18 Å². The maximum absolute atomic E-state index is 12.9. The number of pyridine rings is 1. The number of thioether (sulfide) groups is 1. The minimum Gasteiger partial charge on any atom is -0.303 e. The second-order valence-corrected chi connectivity index (χ2v) is 7.54. The Morgan fingerprint density at radius 2 is 1.70 bits per heavy atom. The molecule has 0 amide bonds. The molecule has 30 heavy (non-hydrogen) atoms. The lowest BCUT2D eigenvalue weighted by atomic mass is 10.1. The third kappa shape index (κ3) is 5.54. The van der Waals surface area contributed by atoms with Crippen LogP contribution in [0.25, 0.3) is 22.8 Å². The molecule has 158 valence electrons. The summed E-state index contributed by atoms with van der Waals surface area (Å²) >= 11 is 1.51. The van der Waals surface area contributed by atoms with Crippen LogP contribution < -0.4 is 0 Å². The number of halogens is 3. The molecule has 9 heteroatoms. The molecule has 0 saturated heterocycles. The summed E-state index contributed by atoms with van der Waals surface area (Å²) in [7, 11) is 0. The van der Waals surface area contributed by atoms with Crippen molar-refractivity contribution in [2.45, 2.75) is 25.0 Å². The van der Waals surface area contributed by atoms with Gasteiger partial charge in [-0.15, -0.1) is 22.0 Å². The number of rotatable bonds is 8. The molecule has 0 aliphatic carbocycles. The average Bonchev–Trinajstić information content (AvgIpc) is 2.77. The fourth-order valence-electron chi connectivity index (χ4n) is 2.83. The molecule has 0 N–H and O–H groups in total. The molecule has 5 nitrogen and oxygen atoms in total. The molecule has 0 spiro atoms. The molecular formula is C21H22F3N5S. The van der Waals surface area contributed by atoms with Gasteiger partial charge in [0.25, 0.3) is 0 Å². The van der Waals surface area contributed by atoms with Crippen LogP contribution in [0.2, 0.25) is 0 Å². The monoisotopic (exact) mass is 433 g/mol. The SMILES string of the molecule is CCN(CC)CCSc1nc(-c2ccccn2)nnc1-c1ccc(C(F)(F)F)cc1. The molecular weight excluding hydrogens is 411 g/mol. The lowest BCUT2D eigenvalue weighted by Gasteiger charge is -2.17. The zero-order valence-corrected chi connectivity index (χ0v) is 17.5. The van der Waals surface area contributed by atoms with E-state index in [4.69, 9.17) is 0 Å². The van der Waals surface area contributed by atoms with E-state index in [0.717, 1.165) is 37.5 Å². The van der Waals surface area contributed by atoms with Crippen LogP contribution in [0.5, 0.6) is 0 Å². The van der Waals surface area contributed by atoms with Crippen LogP contribution in [0.3, 0.4) is 0 Å². The fourth-order valence-corrected chi connectivity index (χ4v) is 3.81. The van der Waals surface area contributed by atoms with E-state index in [9.17, 15) is 13.2 Å². The predicted octanol–water partition coefficient (Wildman–Crippen LogP) is 5.05. The summed E-state index contributed by atoms with van der Waals surface area (Å²) < 4.78 is 38.7. The van der Waals surface area contributed by atoms with E-state index < -0.39 is 11.7 Å². The van der Waals surface area contributed by atoms with Crippen LogP contribution in [0.15, 0.2) is 53.7 Å². The van der Waals surface area contributed by atoms with Gasteiger partial charge in [-0.2, -0.15) is 13.2 Å². The lowest BCUT2D eigenvalue weighted by Crippen LogP contribution is -2.25. The molecule has 2 heterocycles. The van der Waals surface area contributed by atoms with E-state index in [-0.39, 0.29) is 0 Å². The van der Waals surface area contributed by atoms with Gasteiger partial charge in [0, 0.05) is 24.1 Å². The maximum Gasteiger partial charge on any atom is 0.416 e. The summed E-state index contributed by atoms with van der Waals surface area (Å²) in [6.45, 7) is 6.97. The zero-order valence-electron chi connectivity index (χ0n) is 16.7. The quantitative estimate of drug-likeness (QED) is 0.463. The van der Waals surface area contributed by atoms with Crippen LogP contribution in [-0.4, -0.2) is 50.5 Å². The van der Waals surface area contributed by atoms with E-state index in [0.29, 0.717) is 27.8 Å². The Morgan fingerprint density at radius 1 is 0.967 bits per heavy atom. The summed E-state index contributed by atoms with van der Waals surface area (Å²) in [5.41, 5.74) is 0.899. The predicted molar refractivity (Wildman–Crippen MR) is 112 cm³/mol. The van der Waals surface area contributed by atoms with Gasteiger partial charge in [0.15, 0.2) is 0 Å². The van der Waals surface area contributed by atoms with Crippen molar-refractivity contribution < 1.29 is 13.2 Å². The number of nitrogens with zero attached hydrogens (tertiary/aromatic N) is 5. The second-order valence-electron chi connectivity index (χ2n) is 6.45. The molecule has 0 saturated carbocycles. The van der Waals surface area contributed by atoms with E-state index in [1.54, 1.807) is 18.3 Å². The zero-order chi connectivity index (χ0) is 21.6. The van der Waals surface area contributed by atoms with Gasteiger partial charge in [-0.1, -0.05) is 32.0 Å². The topological polar surface area (TPSA) is 54.8 Å². The van der Waals surface area contributed by atoms with Gasteiger partial charge in [0.1, 0.15) is 16.4 Å². The average molecular weight is 434 g/mol. The van der Waals surface area contributed by atoms with Gasteiger partial charge in [0.2, 0.25) is 5.82 Å². The lowest BCUT2D eigenvalue weighted by molar-refractivity contribution is -0.137. The highest BCUT2D eigenvalue weighted by Crippen LogP contribution is 2.33. The van der Waals surface area contributed by atoms with E-state index in [2.05, 4.69) is 38.9 Å². The molecule has 2 aromatic heterocycles. The van der Waals surface area contributed by atoms with Crippen molar-refractivity contribution in [1.29, 1.82) is 0 Å². The molecule has 0 aliphatic rings. The van der Waals surface area contributed by atoms with Crippen LogP contribution in [0, 0.1) is 0 Å². The molecule has 0 radical (unpaired) electrons. The van der Waals surface area contributed by atoms with Crippen molar-refractivity contribution in [3.05, 3.63) is 54.2 Å². The van der Waals surface area contributed by atoms with Crippen molar-refractivity contribution >= 4 is 11.8 Å². The Balaban J connectivity index is 1.92. The largest absolute Gasteiger partial charge is 0.416 e. The van der Waals surface area contributed by atoms with E-state index in [1.165, 1.54) is 23.9 Å². The Morgan fingerprint density at radius 3 is 2.30 bits per heavy atom. The minimum absolute atomic E-state index is 0.386. The van der Waals surface area contributed by atoms with Crippen molar-refractivity contribution in [2.75, 3.05) is 25.4 Å². The molecule has 3 aromatic rings. The Kier molecular flexibility index (Phi) is 7.38. The number of benzene rings is 1.